The standard InChI is InChI=1S/C18H16ClN3O3S/c1-24-11-16-21-22-18(26-16)20-17(23)14-4-2-3-5-15(14)25-10-12-6-8-13(19)9-7-12/h2-9H,10-11H2,1H3,(H,20,22,23). The van der Waals surface area contributed by atoms with Gasteiger partial charge < -0.3 is 9.47 Å². The summed E-state index contributed by atoms with van der Waals surface area (Å²) >= 11 is 7.15. The van der Waals surface area contributed by atoms with Gasteiger partial charge in [0.05, 0.1) is 5.56 Å². The van der Waals surface area contributed by atoms with Crippen molar-refractivity contribution in [3.05, 3.63) is 69.7 Å². The molecule has 26 heavy (non-hydrogen) atoms. The van der Waals surface area contributed by atoms with Gasteiger partial charge in [-0.05, 0) is 29.8 Å². The third-order valence-corrected chi connectivity index (χ3v) is 4.46. The molecule has 6 nitrogen and oxygen atoms in total. The molecule has 0 saturated heterocycles. The molecule has 0 fully saturated rings. The van der Waals surface area contributed by atoms with Gasteiger partial charge >= 0.3 is 0 Å². The first-order valence-electron chi connectivity index (χ1n) is 7.74. The highest BCUT2D eigenvalue weighted by Crippen LogP contribution is 2.23. The van der Waals surface area contributed by atoms with Gasteiger partial charge in [-0.25, -0.2) is 0 Å². The zero-order chi connectivity index (χ0) is 18.4. The minimum Gasteiger partial charge on any atom is -0.488 e. The fraction of sp³-hybridized carbons (Fsp3) is 0.167. The fourth-order valence-electron chi connectivity index (χ4n) is 2.17. The van der Waals surface area contributed by atoms with Gasteiger partial charge in [0.2, 0.25) is 5.13 Å². The molecule has 134 valence electrons. The Morgan fingerprint density at radius 1 is 1.12 bits per heavy atom. The van der Waals surface area contributed by atoms with Crippen molar-refractivity contribution in [3.63, 3.8) is 0 Å². The third-order valence-electron chi connectivity index (χ3n) is 3.39. The van der Waals surface area contributed by atoms with Crippen LogP contribution >= 0.6 is 22.9 Å². The topological polar surface area (TPSA) is 73.3 Å². The van der Waals surface area contributed by atoms with Gasteiger partial charge in [-0.3, -0.25) is 10.1 Å². The summed E-state index contributed by atoms with van der Waals surface area (Å²) in [6.07, 6.45) is 0. The van der Waals surface area contributed by atoms with E-state index in [-0.39, 0.29) is 5.91 Å². The Balaban J connectivity index is 1.69. The summed E-state index contributed by atoms with van der Waals surface area (Å²) in [4.78, 5) is 12.6. The largest absolute Gasteiger partial charge is 0.488 e. The number of nitrogens with zero attached hydrogens (tertiary/aromatic N) is 2. The molecule has 0 aliphatic heterocycles. The van der Waals surface area contributed by atoms with Crippen LogP contribution in [-0.2, 0) is 18.0 Å². The number of ether oxygens (including phenoxy) is 2. The number of anilines is 1. The number of amides is 1. The van der Waals surface area contributed by atoms with E-state index in [2.05, 4.69) is 15.5 Å². The van der Waals surface area contributed by atoms with Crippen LogP contribution in [0.15, 0.2) is 48.5 Å². The fourth-order valence-corrected chi connectivity index (χ4v) is 3.01. The monoisotopic (exact) mass is 389 g/mol. The number of nitrogens with one attached hydrogen (secondary N) is 1. The minimum absolute atomic E-state index is 0.308. The average molecular weight is 390 g/mol. The van der Waals surface area contributed by atoms with E-state index in [4.69, 9.17) is 21.1 Å². The van der Waals surface area contributed by atoms with Gasteiger partial charge in [0, 0.05) is 12.1 Å². The lowest BCUT2D eigenvalue weighted by Crippen LogP contribution is -2.13. The number of hydrogen-bond acceptors (Lipinski definition) is 6. The summed E-state index contributed by atoms with van der Waals surface area (Å²) in [5.41, 5.74) is 1.38. The Morgan fingerprint density at radius 3 is 2.65 bits per heavy atom. The van der Waals surface area contributed by atoms with Gasteiger partial charge in [0.15, 0.2) is 0 Å². The smallest absolute Gasteiger partial charge is 0.261 e. The number of hydrogen-bond donors (Lipinski definition) is 1. The first-order chi connectivity index (χ1) is 12.7. The van der Waals surface area contributed by atoms with E-state index >= 15 is 0 Å². The number of halogens is 1. The number of carbonyl (C=O) groups excluding carboxylic acids is 1. The van der Waals surface area contributed by atoms with E-state index in [0.717, 1.165) is 5.56 Å². The molecule has 2 aromatic carbocycles. The molecule has 1 aromatic heterocycles. The average Bonchev–Trinajstić information content (AvgIpc) is 3.09. The molecule has 1 heterocycles. The predicted octanol–water partition coefficient (Wildman–Crippen LogP) is 4.17. The van der Waals surface area contributed by atoms with Crippen LogP contribution in [0.5, 0.6) is 5.75 Å². The van der Waals surface area contributed by atoms with Crippen LogP contribution in [-0.4, -0.2) is 23.2 Å². The van der Waals surface area contributed by atoms with Crippen LogP contribution in [0, 0.1) is 0 Å². The summed E-state index contributed by atoms with van der Waals surface area (Å²) in [5.74, 6) is 0.179. The van der Waals surface area contributed by atoms with Crippen molar-refractivity contribution < 1.29 is 14.3 Å². The zero-order valence-corrected chi connectivity index (χ0v) is 15.5. The van der Waals surface area contributed by atoms with Crippen LogP contribution in [0.1, 0.15) is 20.9 Å². The maximum Gasteiger partial charge on any atom is 0.261 e. The van der Waals surface area contributed by atoms with E-state index in [1.807, 2.05) is 18.2 Å². The molecule has 1 amide bonds. The lowest BCUT2D eigenvalue weighted by Gasteiger charge is -2.11. The first-order valence-corrected chi connectivity index (χ1v) is 8.94. The summed E-state index contributed by atoms with van der Waals surface area (Å²) in [6, 6.07) is 14.4. The van der Waals surface area contributed by atoms with E-state index < -0.39 is 0 Å². The molecule has 0 bridgehead atoms. The molecule has 0 unspecified atom stereocenters. The number of benzene rings is 2. The van der Waals surface area contributed by atoms with Crippen molar-refractivity contribution in [2.45, 2.75) is 13.2 Å². The first kappa shape index (κ1) is 18.3. The van der Waals surface area contributed by atoms with Crippen LogP contribution in [0.3, 0.4) is 0 Å². The van der Waals surface area contributed by atoms with Crippen molar-refractivity contribution >= 4 is 34.0 Å². The predicted molar refractivity (Wildman–Crippen MR) is 101 cm³/mol. The summed E-state index contributed by atoms with van der Waals surface area (Å²) in [6.45, 7) is 0.687. The molecular formula is C18H16ClN3O3S. The lowest BCUT2D eigenvalue weighted by atomic mass is 10.2. The maximum absolute atomic E-state index is 12.6. The molecule has 3 aromatic rings. The highest BCUT2D eigenvalue weighted by atomic mass is 35.5. The number of para-hydroxylation sites is 1. The SMILES string of the molecule is COCc1nnc(NC(=O)c2ccccc2OCc2ccc(Cl)cc2)s1. The van der Waals surface area contributed by atoms with Crippen LogP contribution < -0.4 is 10.1 Å². The van der Waals surface area contributed by atoms with E-state index in [0.29, 0.717) is 39.7 Å². The van der Waals surface area contributed by atoms with Gasteiger partial charge in [0.25, 0.3) is 5.91 Å². The van der Waals surface area contributed by atoms with Crippen molar-refractivity contribution in [1.29, 1.82) is 0 Å². The Kier molecular flexibility index (Phi) is 6.17. The van der Waals surface area contributed by atoms with Crippen LogP contribution in [0.25, 0.3) is 0 Å². The quantitative estimate of drug-likeness (QED) is 0.656. The molecule has 0 saturated carbocycles. The van der Waals surface area contributed by atoms with Crippen molar-refractivity contribution in [2.24, 2.45) is 0 Å². The second kappa shape index (κ2) is 8.75. The van der Waals surface area contributed by atoms with Crippen molar-refractivity contribution in [3.8, 4) is 5.75 Å². The Bertz CT molecular complexity index is 883. The second-order valence-electron chi connectivity index (χ2n) is 5.30. The van der Waals surface area contributed by atoms with E-state index in [1.165, 1.54) is 11.3 Å². The third kappa shape index (κ3) is 4.78. The van der Waals surface area contributed by atoms with Gasteiger partial charge in [-0.1, -0.05) is 47.2 Å². The van der Waals surface area contributed by atoms with Crippen LogP contribution in [0.2, 0.25) is 5.02 Å². The Hall–Kier alpha value is -2.48. The number of rotatable bonds is 7. The zero-order valence-electron chi connectivity index (χ0n) is 13.9. The molecule has 1 N–H and O–H groups in total. The number of methoxy groups -OCH3 is 1. The molecule has 0 aliphatic rings. The molecule has 0 spiro atoms. The lowest BCUT2D eigenvalue weighted by molar-refractivity contribution is 0.102. The second-order valence-corrected chi connectivity index (χ2v) is 6.80. The van der Waals surface area contributed by atoms with E-state index in [9.17, 15) is 4.79 Å². The summed E-state index contributed by atoms with van der Waals surface area (Å²) in [7, 11) is 1.58. The highest BCUT2D eigenvalue weighted by molar-refractivity contribution is 7.15. The van der Waals surface area contributed by atoms with Gasteiger partial charge in [-0.15, -0.1) is 10.2 Å². The van der Waals surface area contributed by atoms with Crippen LogP contribution in [0.4, 0.5) is 5.13 Å². The molecule has 0 atom stereocenters. The number of aromatic nitrogens is 2. The summed E-state index contributed by atoms with van der Waals surface area (Å²) in [5, 5.41) is 12.4. The molecular weight excluding hydrogens is 374 g/mol. The minimum atomic E-state index is -0.308. The molecule has 3 rings (SSSR count). The maximum atomic E-state index is 12.6. The highest BCUT2D eigenvalue weighted by Gasteiger charge is 2.15. The number of carbonyl (C=O) groups is 1. The molecule has 0 aliphatic carbocycles. The van der Waals surface area contributed by atoms with Crippen molar-refractivity contribution in [1.82, 2.24) is 10.2 Å². The van der Waals surface area contributed by atoms with Crippen molar-refractivity contribution in [2.75, 3.05) is 12.4 Å². The molecule has 0 radical (unpaired) electrons. The van der Waals surface area contributed by atoms with Gasteiger partial charge in [-0.2, -0.15) is 0 Å². The summed E-state index contributed by atoms with van der Waals surface area (Å²) < 4.78 is 10.8. The molecule has 8 heteroatoms. The normalized spacial score (nSPS) is 10.5. The van der Waals surface area contributed by atoms with E-state index in [1.54, 1.807) is 37.4 Å². The Morgan fingerprint density at radius 2 is 1.88 bits per heavy atom. The Labute approximate surface area is 159 Å². The van der Waals surface area contributed by atoms with Gasteiger partial charge in [0.1, 0.15) is 24.0 Å².